The maximum absolute atomic E-state index is 5.22. The van der Waals surface area contributed by atoms with Gasteiger partial charge in [-0.05, 0) is 146 Å². The van der Waals surface area contributed by atoms with Gasteiger partial charge in [0.25, 0.3) is 0 Å². The molecule has 8 heterocycles. The maximum Gasteiger partial charge on any atom is 0.0613 e. The quantitative estimate of drug-likeness (QED) is 0.176. The lowest BCUT2D eigenvalue weighted by Crippen LogP contribution is -2.46. The van der Waals surface area contributed by atoms with Gasteiger partial charge < -0.3 is 31.1 Å². The molecule has 62 heavy (non-hydrogen) atoms. The Morgan fingerprint density at radius 1 is 0.613 bits per heavy atom. The van der Waals surface area contributed by atoms with Crippen molar-refractivity contribution in [2.45, 2.75) is 88.1 Å². The predicted molar refractivity (Wildman–Crippen MR) is 249 cm³/mol. The molecule has 0 bridgehead atoms. The molecule has 2 aliphatic carbocycles. The van der Waals surface area contributed by atoms with E-state index in [-0.39, 0.29) is 0 Å². The molecule has 10 heteroatoms. The third kappa shape index (κ3) is 7.27. The Labute approximate surface area is 369 Å². The Kier molecular flexibility index (Phi) is 10.6. The lowest BCUT2D eigenvalue weighted by atomic mass is 9.77. The fraction of sp³-hybridized carbons (Fsp3) is 0.577. The summed E-state index contributed by atoms with van der Waals surface area (Å²) in [5.74, 6) is 3.46. The van der Waals surface area contributed by atoms with Gasteiger partial charge in [0.1, 0.15) is 0 Å². The highest BCUT2D eigenvalue weighted by atomic mass is 15.2. The van der Waals surface area contributed by atoms with Gasteiger partial charge in [0.15, 0.2) is 0 Å². The molecule has 4 saturated heterocycles. The number of hydrogen-bond acceptors (Lipinski definition) is 10. The van der Waals surface area contributed by atoms with E-state index < -0.39 is 0 Å². The molecule has 326 valence electrons. The highest BCUT2D eigenvalue weighted by molar-refractivity contribution is 5.63. The molecular formula is C52H68N10. The molecule has 1 unspecified atom stereocenters. The standard InChI is InChI=1S/C52H68N10/c1-59(48-12-3-7-33-9-5-15-55-51(33)48)31-42-20-46-36(26-58-42)17-35(18-50(46)62-29-39-23-54-24-40(39)30-62)43-13-14-49(52-44(43)10-6-16-56-52)60(2)32-41-19-45-34(25-57-41)8-4-11-47(45)61-27-37-21-53-22-38(37)28-61/h4-6,8-11,15-18,37-43,48-49,53-54,57-58H,3,7,12-14,19-32H2,1-2H3/t37-,38+,39-,40+,41-,42+,43?,48-,49-/m0/s1. The summed E-state index contributed by atoms with van der Waals surface area (Å²) in [6.45, 7) is 13.4. The summed E-state index contributed by atoms with van der Waals surface area (Å²) in [7, 11) is 4.70. The number of aromatic nitrogens is 2. The van der Waals surface area contributed by atoms with Crippen molar-refractivity contribution in [3.8, 4) is 0 Å². The van der Waals surface area contributed by atoms with E-state index in [0.29, 0.717) is 30.1 Å². The first-order valence-corrected chi connectivity index (χ1v) is 24.4. The van der Waals surface area contributed by atoms with Gasteiger partial charge in [-0.25, -0.2) is 0 Å². The molecule has 4 N–H and O–H groups in total. The van der Waals surface area contributed by atoms with Crippen LogP contribution in [-0.2, 0) is 32.4 Å². The summed E-state index contributed by atoms with van der Waals surface area (Å²) < 4.78 is 0. The minimum atomic E-state index is 0.319. The highest BCUT2D eigenvalue weighted by Crippen LogP contribution is 2.46. The van der Waals surface area contributed by atoms with E-state index in [4.69, 9.17) is 9.97 Å². The summed E-state index contributed by atoms with van der Waals surface area (Å²) in [6.07, 6.45) is 12.1. The highest BCUT2D eigenvalue weighted by Gasteiger charge is 2.41. The SMILES string of the molecule is CN(C[C@H]1Cc2c(cc(C3CC[C@H](N(C)C[C@@H]4Cc5c(cccc5N5C[C@H]6CNC[C@H]6C5)CN4)c4ncccc43)cc2N2C[C@H]3CNC[C@H]3C2)CN1)[C@H]1CCCc2cccnc21. The van der Waals surface area contributed by atoms with Gasteiger partial charge in [0.05, 0.1) is 23.5 Å². The molecule has 9 atom stereocenters. The first-order valence-electron chi connectivity index (χ1n) is 24.4. The van der Waals surface area contributed by atoms with Crippen molar-refractivity contribution >= 4 is 11.4 Å². The second kappa shape index (κ2) is 16.6. The number of nitrogens with zero attached hydrogens (tertiary/aromatic N) is 6. The zero-order valence-corrected chi connectivity index (χ0v) is 37.2. The summed E-state index contributed by atoms with van der Waals surface area (Å²) in [5.41, 5.74) is 16.2. The molecule has 10 nitrogen and oxygen atoms in total. The normalized spacial score (nSPS) is 31.2. The van der Waals surface area contributed by atoms with Crippen LogP contribution < -0.4 is 31.1 Å². The topological polar surface area (TPSA) is 86.9 Å². The van der Waals surface area contributed by atoms with Crippen LogP contribution >= 0.6 is 0 Å². The van der Waals surface area contributed by atoms with E-state index in [1.807, 2.05) is 12.4 Å². The van der Waals surface area contributed by atoms with Crippen molar-refractivity contribution in [1.29, 1.82) is 0 Å². The van der Waals surface area contributed by atoms with E-state index in [1.54, 1.807) is 11.1 Å². The summed E-state index contributed by atoms with van der Waals surface area (Å²) >= 11 is 0. The average molecular weight is 833 g/mol. The number of nitrogens with one attached hydrogen (secondary N) is 4. The van der Waals surface area contributed by atoms with Crippen LogP contribution in [0.5, 0.6) is 0 Å². The molecule has 2 aromatic carbocycles. The van der Waals surface area contributed by atoms with Crippen LogP contribution in [0, 0.1) is 23.7 Å². The molecule has 8 aliphatic rings. The Morgan fingerprint density at radius 2 is 1.21 bits per heavy atom. The number of hydrogen-bond donors (Lipinski definition) is 4. The van der Waals surface area contributed by atoms with Crippen molar-refractivity contribution in [3.05, 3.63) is 117 Å². The number of anilines is 2. The van der Waals surface area contributed by atoms with E-state index in [1.165, 1.54) is 103 Å². The fourth-order valence-corrected chi connectivity index (χ4v) is 13.8. The maximum atomic E-state index is 5.22. The third-order valence-corrected chi connectivity index (χ3v) is 17.1. The summed E-state index contributed by atoms with van der Waals surface area (Å²) in [4.78, 5) is 20.9. The lowest BCUT2D eigenvalue weighted by Gasteiger charge is -2.40. The number of aryl methyl sites for hydroxylation is 1. The molecule has 12 rings (SSSR count). The van der Waals surface area contributed by atoms with Crippen molar-refractivity contribution < 1.29 is 0 Å². The fourth-order valence-electron chi connectivity index (χ4n) is 13.8. The minimum absolute atomic E-state index is 0.319. The molecule has 0 saturated carbocycles. The van der Waals surface area contributed by atoms with E-state index in [2.05, 4.69) is 110 Å². The Bertz CT molecular complexity index is 2250. The van der Waals surface area contributed by atoms with Crippen LogP contribution in [0.3, 0.4) is 0 Å². The van der Waals surface area contributed by atoms with Crippen LogP contribution in [0.15, 0.2) is 67.0 Å². The Balaban J connectivity index is 0.783. The largest absolute Gasteiger partial charge is 0.371 e. The molecule has 2 aromatic heterocycles. The van der Waals surface area contributed by atoms with Gasteiger partial charge in [0.2, 0.25) is 0 Å². The monoisotopic (exact) mass is 833 g/mol. The van der Waals surface area contributed by atoms with Crippen molar-refractivity contribution in [1.82, 2.24) is 41.0 Å². The second-order valence-corrected chi connectivity index (χ2v) is 20.8. The summed E-state index contributed by atoms with van der Waals surface area (Å²) in [5, 5.41) is 15.3. The molecular weight excluding hydrogens is 765 g/mol. The van der Waals surface area contributed by atoms with Gasteiger partial charge in [-0.3, -0.25) is 19.8 Å². The Morgan fingerprint density at radius 3 is 1.92 bits per heavy atom. The molecule has 0 spiro atoms. The number of fused-ring (bicyclic) bond motifs is 6. The molecule has 4 aromatic rings. The van der Waals surface area contributed by atoms with Gasteiger partial charge in [-0.2, -0.15) is 0 Å². The molecule has 4 fully saturated rings. The van der Waals surface area contributed by atoms with Crippen molar-refractivity contribution in [2.75, 3.05) is 89.3 Å². The number of rotatable bonds is 9. The van der Waals surface area contributed by atoms with Gasteiger partial charge in [-0.15, -0.1) is 0 Å². The first-order chi connectivity index (χ1) is 30.5. The van der Waals surface area contributed by atoms with Gasteiger partial charge >= 0.3 is 0 Å². The van der Waals surface area contributed by atoms with Crippen LogP contribution in [0.1, 0.15) is 94.0 Å². The zero-order valence-electron chi connectivity index (χ0n) is 37.2. The third-order valence-electron chi connectivity index (χ3n) is 17.1. The predicted octanol–water partition coefficient (Wildman–Crippen LogP) is 5.42. The van der Waals surface area contributed by atoms with Crippen molar-refractivity contribution in [2.24, 2.45) is 23.7 Å². The Hall–Kier alpha value is -3.90. The minimum Gasteiger partial charge on any atom is -0.371 e. The first kappa shape index (κ1) is 39.7. The molecule has 6 aliphatic heterocycles. The zero-order chi connectivity index (χ0) is 41.3. The van der Waals surface area contributed by atoms with Gasteiger partial charge in [-0.1, -0.05) is 30.3 Å². The molecule has 0 amide bonds. The smallest absolute Gasteiger partial charge is 0.0613 e. The van der Waals surface area contributed by atoms with E-state index in [9.17, 15) is 0 Å². The average Bonchev–Trinajstić information content (AvgIpc) is 4.12. The second-order valence-electron chi connectivity index (χ2n) is 20.8. The van der Waals surface area contributed by atoms with Gasteiger partial charge in [0, 0.05) is 120 Å². The van der Waals surface area contributed by atoms with E-state index >= 15 is 0 Å². The number of benzene rings is 2. The van der Waals surface area contributed by atoms with E-state index in [0.717, 1.165) is 95.0 Å². The van der Waals surface area contributed by atoms with Crippen LogP contribution in [0.25, 0.3) is 0 Å². The lowest BCUT2D eigenvalue weighted by molar-refractivity contribution is 0.187. The van der Waals surface area contributed by atoms with Crippen LogP contribution in [-0.4, -0.2) is 111 Å². The van der Waals surface area contributed by atoms with Crippen LogP contribution in [0.4, 0.5) is 11.4 Å². The molecule has 0 radical (unpaired) electrons. The van der Waals surface area contributed by atoms with Crippen molar-refractivity contribution in [3.63, 3.8) is 0 Å². The summed E-state index contributed by atoms with van der Waals surface area (Å²) in [6, 6.07) is 22.9. The number of likely N-dealkylation sites (N-methyl/N-ethyl adjacent to an activating group) is 2. The van der Waals surface area contributed by atoms with Crippen LogP contribution in [0.2, 0.25) is 0 Å². The number of pyridine rings is 2.